The summed E-state index contributed by atoms with van der Waals surface area (Å²) in [5.41, 5.74) is 6.81. The van der Waals surface area contributed by atoms with Crippen molar-refractivity contribution in [1.29, 1.82) is 0 Å². The Balaban J connectivity index is 1.62. The first-order valence-corrected chi connectivity index (χ1v) is 26.1. The summed E-state index contributed by atoms with van der Waals surface area (Å²) >= 11 is 0. The summed E-state index contributed by atoms with van der Waals surface area (Å²) in [4.78, 5) is 136. The van der Waals surface area contributed by atoms with Crippen LogP contribution in [0.2, 0.25) is 0 Å². The molecular formula is C57H73F2N9O11. The standard InChI is InChI=1S/C57H73F2N9O11/c1-35(26-48(72)37(3)64-51(75)27-38-19-23-61-24-20-38)54(77)66-46(30-49(60)73)56(79)65-45(55(78)62-22-11-15-42(71)31-63-50(74)16-10-12-36(2)70)21-25-68(52(76)34-69)53(57(4,5)6)47-28-40(43-29-41(58)17-18-44(43)59)33-67(47)32-39-13-8-7-9-14-39/h7-9,13-14,17-20,23-24,28-29,33,35,37,45-46,53,69H,10-12,15-16,21-22,25-27,30-32,34H2,1-6H3,(H2,60,73)(H,62,78)(H,63,74)(H,64,75)(H,65,79)(H,66,77)/t35-,37-,45-,46-,53-/m0/s1. The number of carbonyl (C=O) groups excluding carboxylic acids is 10. The minimum atomic E-state index is -1.69. The van der Waals surface area contributed by atoms with Crippen molar-refractivity contribution in [1.82, 2.24) is 41.0 Å². The smallest absolute Gasteiger partial charge is 0.248 e. The number of hydrogen-bond donors (Lipinski definition) is 7. The maximum atomic E-state index is 15.4. The summed E-state index contributed by atoms with van der Waals surface area (Å²) in [6.07, 6.45) is 3.76. The number of primary amides is 1. The van der Waals surface area contributed by atoms with Gasteiger partial charge in [-0.3, -0.25) is 48.1 Å². The Morgan fingerprint density at radius 2 is 1.44 bits per heavy atom. The van der Waals surface area contributed by atoms with E-state index in [9.17, 15) is 57.4 Å². The zero-order valence-electron chi connectivity index (χ0n) is 45.6. The summed E-state index contributed by atoms with van der Waals surface area (Å²) in [6, 6.07) is 12.0. The molecule has 0 unspecified atom stereocenters. The molecule has 2 aromatic carbocycles. The zero-order valence-corrected chi connectivity index (χ0v) is 45.6. The van der Waals surface area contributed by atoms with Crippen LogP contribution in [-0.4, -0.2) is 123 Å². The third kappa shape index (κ3) is 21.0. The molecule has 0 aliphatic carbocycles. The molecule has 0 aliphatic rings. The van der Waals surface area contributed by atoms with Gasteiger partial charge < -0.3 is 51.7 Å². The Labute approximate surface area is 458 Å². The SMILES string of the molecule is CC(=O)CCCC(=O)NCC(=O)CCCNC(=O)[C@H](CCN(C(=O)CO)[C@@H](c1cc(-c2cc(F)ccc2F)cn1Cc1ccccc1)C(C)(C)C)NC(=O)[C@H](CC(N)=O)NC(=O)[C@@H](C)CC(=O)[C@H](C)NC(=O)Cc1ccncc1. The molecule has 2 heterocycles. The molecule has 0 saturated carbocycles. The van der Waals surface area contributed by atoms with Gasteiger partial charge in [0, 0.05) is 86.6 Å². The Morgan fingerprint density at radius 1 is 0.759 bits per heavy atom. The number of carbonyl (C=O) groups is 10. The van der Waals surface area contributed by atoms with Gasteiger partial charge in [0.1, 0.15) is 36.1 Å². The van der Waals surface area contributed by atoms with Gasteiger partial charge in [-0.15, -0.1) is 0 Å². The molecule has 426 valence electrons. The Morgan fingerprint density at radius 3 is 2.09 bits per heavy atom. The number of aliphatic hydroxyl groups excluding tert-OH is 1. The molecule has 0 radical (unpaired) electrons. The van der Waals surface area contributed by atoms with E-state index in [0.717, 1.165) is 23.8 Å². The molecule has 0 aliphatic heterocycles. The summed E-state index contributed by atoms with van der Waals surface area (Å²) < 4.78 is 31.8. The molecule has 79 heavy (non-hydrogen) atoms. The normalized spacial score (nSPS) is 13.1. The fourth-order valence-corrected chi connectivity index (χ4v) is 8.76. The van der Waals surface area contributed by atoms with Crippen molar-refractivity contribution in [3.8, 4) is 11.1 Å². The van der Waals surface area contributed by atoms with Crippen LogP contribution in [0.4, 0.5) is 8.78 Å². The lowest BCUT2D eigenvalue weighted by Gasteiger charge is -2.41. The Hall–Kier alpha value is -8.01. The monoisotopic (exact) mass is 1100 g/mol. The molecule has 2 aromatic heterocycles. The lowest BCUT2D eigenvalue weighted by molar-refractivity contribution is -0.140. The number of hydrogen-bond acceptors (Lipinski definition) is 12. The fraction of sp³-hybridized carbons (Fsp3) is 0.456. The molecule has 0 bridgehead atoms. The first-order chi connectivity index (χ1) is 37.4. The number of pyridine rings is 1. The highest BCUT2D eigenvalue weighted by Crippen LogP contribution is 2.41. The molecule has 5 atom stereocenters. The fourth-order valence-electron chi connectivity index (χ4n) is 8.76. The first-order valence-electron chi connectivity index (χ1n) is 26.1. The van der Waals surface area contributed by atoms with Gasteiger partial charge in [-0.05, 0) is 86.1 Å². The number of benzene rings is 2. The minimum Gasteiger partial charge on any atom is -0.387 e. The van der Waals surface area contributed by atoms with Crippen LogP contribution in [0.25, 0.3) is 11.1 Å². The predicted molar refractivity (Wildman–Crippen MR) is 288 cm³/mol. The van der Waals surface area contributed by atoms with E-state index < -0.39 is 107 Å². The molecule has 0 spiro atoms. The van der Waals surface area contributed by atoms with Crippen LogP contribution in [0, 0.1) is 23.0 Å². The minimum absolute atomic E-state index is 0.0256. The van der Waals surface area contributed by atoms with Gasteiger partial charge in [-0.1, -0.05) is 58.0 Å². The highest BCUT2D eigenvalue weighted by atomic mass is 19.1. The topological polar surface area (TPSA) is 298 Å². The van der Waals surface area contributed by atoms with E-state index in [1.54, 1.807) is 29.0 Å². The number of amides is 7. The van der Waals surface area contributed by atoms with Gasteiger partial charge in [0.2, 0.25) is 41.4 Å². The highest BCUT2D eigenvalue weighted by molar-refractivity contribution is 5.97. The summed E-state index contributed by atoms with van der Waals surface area (Å²) in [5, 5.41) is 23.3. The first kappa shape index (κ1) is 63.5. The largest absolute Gasteiger partial charge is 0.387 e. The number of halogens is 2. The maximum absolute atomic E-state index is 15.4. The van der Waals surface area contributed by atoms with E-state index in [0.29, 0.717) is 17.7 Å². The second-order valence-corrected chi connectivity index (χ2v) is 20.6. The van der Waals surface area contributed by atoms with Crippen LogP contribution in [0.1, 0.15) is 116 Å². The predicted octanol–water partition coefficient (Wildman–Crippen LogP) is 3.70. The zero-order chi connectivity index (χ0) is 58.4. The van der Waals surface area contributed by atoms with E-state index in [2.05, 4.69) is 31.6 Å². The van der Waals surface area contributed by atoms with Gasteiger partial charge in [0.25, 0.3) is 0 Å². The molecule has 8 N–H and O–H groups in total. The van der Waals surface area contributed by atoms with E-state index in [1.807, 2.05) is 51.1 Å². The third-order valence-electron chi connectivity index (χ3n) is 12.8. The van der Waals surface area contributed by atoms with Crippen LogP contribution >= 0.6 is 0 Å². The van der Waals surface area contributed by atoms with Crippen LogP contribution < -0.4 is 32.3 Å². The number of Topliss-reactive ketones (excluding diaryl/α,β-unsaturated/α-hetero) is 3. The van der Waals surface area contributed by atoms with Crippen molar-refractivity contribution >= 4 is 58.7 Å². The summed E-state index contributed by atoms with van der Waals surface area (Å²) in [6.45, 7) is 8.18. The van der Waals surface area contributed by atoms with Gasteiger partial charge in [-0.25, -0.2) is 8.78 Å². The number of rotatable bonds is 32. The molecule has 4 aromatic rings. The second kappa shape index (κ2) is 30.8. The Kier molecular flexibility index (Phi) is 24.8. The number of ketones is 3. The van der Waals surface area contributed by atoms with Gasteiger partial charge in [-0.2, -0.15) is 0 Å². The third-order valence-corrected chi connectivity index (χ3v) is 12.8. The molecular weight excluding hydrogens is 1020 g/mol. The lowest BCUT2D eigenvalue weighted by Crippen LogP contribution is -2.56. The van der Waals surface area contributed by atoms with E-state index in [1.165, 1.54) is 38.1 Å². The van der Waals surface area contributed by atoms with Crippen molar-refractivity contribution < 1.29 is 61.8 Å². The number of aliphatic hydroxyl groups is 1. The maximum Gasteiger partial charge on any atom is 0.248 e. The summed E-state index contributed by atoms with van der Waals surface area (Å²) in [7, 11) is 0. The van der Waals surface area contributed by atoms with Crippen molar-refractivity contribution in [2.24, 2.45) is 17.1 Å². The Bertz CT molecular complexity index is 2790. The average molecular weight is 1100 g/mol. The van der Waals surface area contributed by atoms with Crippen LogP contribution in [-0.2, 0) is 60.9 Å². The van der Waals surface area contributed by atoms with Gasteiger partial charge in [0.15, 0.2) is 11.6 Å². The van der Waals surface area contributed by atoms with Crippen LogP contribution in [0.5, 0.6) is 0 Å². The molecule has 0 fully saturated rings. The van der Waals surface area contributed by atoms with Crippen LogP contribution in [0.15, 0.2) is 85.3 Å². The molecule has 0 saturated heterocycles. The number of nitrogens with zero attached hydrogens (tertiary/aromatic N) is 3. The van der Waals surface area contributed by atoms with Crippen molar-refractivity contribution in [3.63, 3.8) is 0 Å². The van der Waals surface area contributed by atoms with Gasteiger partial charge >= 0.3 is 0 Å². The van der Waals surface area contributed by atoms with Gasteiger partial charge in [0.05, 0.1) is 31.5 Å². The molecule has 7 amide bonds. The number of nitrogens with two attached hydrogens (primary N) is 1. The van der Waals surface area contributed by atoms with Crippen LogP contribution in [0.3, 0.4) is 0 Å². The van der Waals surface area contributed by atoms with E-state index in [4.69, 9.17) is 5.73 Å². The average Bonchev–Trinajstić information content (AvgIpc) is 3.88. The lowest BCUT2D eigenvalue weighted by atomic mass is 9.82. The van der Waals surface area contributed by atoms with Crippen molar-refractivity contribution in [2.75, 3.05) is 26.2 Å². The molecule has 4 rings (SSSR count). The molecule has 20 nitrogen and oxygen atoms in total. The highest BCUT2D eigenvalue weighted by Gasteiger charge is 2.39. The second-order valence-electron chi connectivity index (χ2n) is 20.6. The summed E-state index contributed by atoms with van der Waals surface area (Å²) in [5.74, 6) is -8.81. The number of nitrogens with one attached hydrogen (secondary N) is 5. The van der Waals surface area contributed by atoms with Crippen molar-refractivity contribution in [3.05, 3.63) is 114 Å². The van der Waals surface area contributed by atoms with E-state index in [-0.39, 0.29) is 93.8 Å². The quantitative estimate of drug-likeness (QED) is 0.0345. The van der Waals surface area contributed by atoms with Crippen molar-refractivity contribution in [2.45, 2.75) is 130 Å². The number of aromatic nitrogens is 2. The van der Waals surface area contributed by atoms with E-state index >= 15 is 4.39 Å². The molecule has 22 heteroatoms.